The first-order chi connectivity index (χ1) is 15.8. The van der Waals surface area contributed by atoms with Crippen molar-refractivity contribution >= 4 is 35.0 Å². The van der Waals surface area contributed by atoms with Crippen LogP contribution in [0, 0.1) is 6.92 Å². The summed E-state index contributed by atoms with van der Waals surface area (Å²) in [7, 11) is 0. The summed E-state index contributed by atoms with van der Waals surface area (Å²) < 4.78 is 2.28. The van der Waals surface area contributed by atoms with Gasteiger partial charge in [0, 0.05) is 45.1 Å². The number of aliphatic hydroxyl groups excluding tert-OH is 1. The van der Waals surface area contributed by atoms with Gasteiger partial charge in [0.1, 0.15) is 6.10 Å². The van der Waals surface area contributed by atoms with Crippen molar-refractivity contribution in [3.05, 3.63) is 111 Å². The number of hydrogen-bond acceptors (Lipinski definition) is 3. The van der Waals surface area contributed by atoms with E-state index in [0.717, 1.165) is 37.9 Å². The van der Waals surface area contributed by atoms with E-state index >= 15 is 0 Å². The lowest BCUT2D eigenvalue weighted by molar-refractivity contribution is 0.218. The van der Waals surface area contributed by atoms with Gasteiger partial charge in [-0.15, -0.1) is 0 Å². The summed E-state index contributed by atoms with van der Waals surface area (Å²) in [4.78, 5) is 5.12. The Morgan fingerprint density at radius 1 is 0.939 bits per heavy atom. The Bertz CT molecular complexity index is 1220. The Labute approximate surface area is 209 Å². The van der Waals surface area contributed by atoms with Crippen molar-refractivity contribution in [2.75, 3.05) is 0 Å². The standard InChI is InChI=1S/C27H26Cl2N2OS/c1-17(2)24-25(26(32)20-7-5-4-6-8-20)18(3)31(16-19-9-11-30-12-10-19)27(24)33-23-14-21(28)13-22(29)15-23/h4-15,17,26,32H,16H2,1-3H3. The van der Waals surface area contributed by atoms with Gasteiger partial charge < -0.3 is 9.67 Å². The van der Waals surface area contributed by atoms with Crippen molar-refractivity contribution in [3.8, 4) is 0 Å². The van der Waals surface area contributed by atoms with Gasteiger partial charge in [-0.1, -0.05) is 79.1 Å². The Morgan fingerprint density at radius 2 is 1.58 bits per heavy atom. The highest BCUT2D eigenvalue weighted by Crippen LogP contribution is 2.44. The highest BCUT2D eigenvalue weighted by atomic mass is 35.5. The van der Waals surface area contributed by atoms with Crippen LogP contribution in [0.4, 0.5) is 0 Å². The minimum Gasteiger partial charge on any atom is -0.384 e. The molecule has 4 aromatic rings. The van der Waals surface area contributed by atoms with E-state index in [2.05, 4.69) is 30.3 Å². The molecule has 0 radical (unpaired) electrons. The molecule has 0 aliphatic heterocycles. The van der Waals surface area contributed by atoms with Gasteiger partial charge in [0.15, 0.2) is 0 Å². The molecule has 2 aromatic heterocycles. The summed E-state index contributed by atoms with van der Waals surface area (Å²) in [5, 5.41) is 13.8. The van der Waals surface area contributed by atoms with Crippen molar-refractivity contribution in [1.82, 2.24) is 9.55 Å². The monoisotopic (exact) mass is 496 g/mol. The van der Waals surface area contributed by atoms with Crippen molar-refractivity contribution in [1.29, 1.82) is 0 Å². The Hall–Kier alpha value is -2.24. The number of benzene rings is 2. The zero-order valence-corrected chi connectivity index (χ0v) is 21.1. The molecule has 0 aliphatic carbocycles. The summed E-state index contributed by atoms with van der Waals surface area (Å²) in [5.41, 5.74) is 5.17. The molecule has 0 saturated carbocycles. The lowest BCUT2D eigenvalue weighted by atomic mass is 9.93. The van der Waals surface area contributed by atoms with Crippen molar-refractivity contribution in [2.24, 2.45) is 0 Å². The third-order valence-electron chi connectivity index (χ3n) is 5.67. The molecular weight excluding hydrogens is 471 g/mol. The normalized spacial score (nSPS) is 12.3. The third kappa shape index (κ3) is 5.30. The molecule has 0 aliphatic rings. The number of aromatic nitrogens is 2. The van der Waals surface area contributed by atoms with Crippen LogP contribution in [-0.4, -0.2) is 14.7 Å². The zero-order chi connectivity index (χ0) is 23.5. The molecule has 0 spiro atoms. The lowest BCUT2D eigenvalue weighted by Gasteiger charge is -2.17. The Morgan fingerprint density at radius 3 is 2.18 bits per heavy atom. The van der Waals surface area contributed by atoms with Gasteiger partial charge in [-0.2, -0.15) is 0 Å². The highest BCUT2D eigenvalue weighted by Gasteiger charge is 2.28. The fourth-order valence-corrected chi connectivity index (χ4v) is 6.15. The maximum Gasteiger partial charge on any atom is 0.106 e. The van der Waals surface area contributed by atoms with E-state index in [4.69, 9.17) is 23.2 Å². The maximum atomic E-state index is 11.5. The van der Waals surface area contributed by atoms with E-state index in [1.165, 1.54) is 0 Å². The van der Waals surface area contributed by atoms with Gasteiger partial charge in [-0.25, -0.2) is 0 Å². The topological polar surface area (TPSA) is 38.0 Å². The summed E-state index contributed by atoms with van der Waals surface area (Å²) in [6.07, 6.45) is 2.89. The van der Waals surface area contributed by atoms with Crippen molar-refractivity contribution in [2.45, 2.75) is 49.3 Å². The van der Waals surface area contributed by atoms with Crippen LogP contribution >= 0.6 is 35.0 Å². The zero-order valence-electron chi connectivity index (χ0n) is 18.8. The van der Waals surface area contributed by atoms with Crippen LogP contribution in [0.5, 0.6) is 0 Å². The van der Waals surface area contributed by atoms with E-state index in [9.17, 15) is 5.11 Å². The summed E-state index contributed by atoms with van der Waals surface area (Å²) in [6, 6.07) is 19.5. The van der Waals surface area contributed by atoms with Crippen molar-refractivity contribution < 1.29 is 5.11 Å². The average Bonchev–Trinajstić information content (AvgIpc) is 3.05. The second-order valence-electron chi connectivity index (χ2n) is 8.33. The largest absolute Gasteiger partial charge is 0.384 e. The minimum atomic E-state index is -0.718. The van der Waals surface area contributed by atoms with Crippen LogP contribution < -0.4 is 0 Å². The molecule has 0 bridgehead atoms. The molecule has 3 nitrogen and oxygen atoms in total. The molecule has 4 rings (SSSR count). The molecule has 170 valence electrons. The molecule has 0 fully saturated rings. The lowest BCUT2D eigenvalue weighted by Crippen LogP contribution is -2.06. The van der Waals surface area contributed by atoms with Gasteiger partial charge in [-0.3, -0.25) is 4.98 Å². The van der Waals surface area contributed by atoms with Crippen LogP contribution in [0.15, 0.2) is 83.0 Å². The fourth-order valence-electron chi connectivity index (χ4n) is 4.13. The molecule has 1 unspecified atom stereocenters. The molecule has 33 heavy (non-hydrogen) atoms. The first-order valence-corrected chi connectivity index (χ1v) is 12.4. The second kappa shape index (κ2) is 10.4. The van der Waals surface area contributed by atoms with Crippen LogP contribution in [-0.2, 0) is 6.54 Å². The summed E-state index contributed by atoms with van der Waals surface area (Å²) in [6.45, 7) is 7.10. The SMILES string of the molecule is Cc1c(C(O)c2ccccc2)c(C(C)C)c(Sc2cc(Cl)cc(Cl)c2)n1Cc1ccncc1. The Kier molecular flexibility index (Phi) is 7.50. The van der Waals surface area contributed by atoms with Crippen LogP contribution in [0.25, 0.3) is 0 Å². The molecule has 2 heterocycles. The van der Waals surface area contributed by atoms with Crippen LogP contribution in [0.2, 0.25) is 10.0 Å². The second-order valence-corrected chi connectivity index (χ2v) is 10.3. The highest BCUT2D eigenvalue weighted by molar-refractivity contribution is 7.99. The third-order valence-corrected chi connectivity index (χ3v) is 7.21. The number of aliphatic hydroxyl groups is 1. The van der Waals surface area contributed by atoms with Crippen LogP contribution in [0.1, 0.15) is 53.8 Å². The van der Waals surface area contributed by atoms with Gasteiger partial charge in [0.25, 0.3) is 0 Å². The van der Waals surface area contributed by atoms with Gasteiger partial charge in [0.05, 0.1) is 5.03 Å². The number of hydrogen-bond donors (Lipinski definition) is 1. The first kappa shape index (κ1) is 23.9. The maximum absolute atomic E-state index is 11.5. The summed E-state index contributed by atoms with van der Waals surface area (Å²) in [5.74, 6) is 0.202. The van der Waals surface area contributed by atoms with E-state index < -0.39 is 6.10 Å². The van der Waals surface area contributed by atoms with E-state index in [1.54, 1.807) is 30.2 Å². The molecule has 0 amide bonds. The quantitative estimate of drug-likeness (QED) is 0.282. The smallest absolute Gasteiger partial charge is 0.106 e. The molecule has 6 heteroatoms. The molecule has 0 saturated heterocycles. The molecule has 1 N–H and O–H groups in total. The van der Waals surface area contributed by atoms with Crippen LogP contribution in [0.3, 0.4) is 0 Å². The van der Waals surface area contributed by atoms with E-state index in [1.807, 2.05) is 54.6 Å². The van der Waals surface area contributed by atoms with E-state index in [-0.39, 0.29) is 5.92 Å². The molecule has 1 atom stereocenters. The number of pyridine rings is 1. The predicted octanol–water partition coefficient (Wildman–Crippen LogP) is 7.90. The van der Waals surface area contributed by atoms with Gasteiger partial charge in [-0.05, 0) is 59.9 Å². The average molecular weight is 497 g/mol. The predicted molar refractivity (Wildman–Crippen MR) is 138 cm³/mol. The number of rotatable bonds is 7. The summed E-state index contributed by atoms with van der Waals surface area (Å²) >= 11 is 14.2. The molecule has 2 aromatic carbocycles. The minimum absolute atomic E-state index is 0.202. The number of halogens is 2. The Balaban J connectivity index is 1.91. The van der Waals surface area contributed by atoms with Gasteiger partial charge >= 0.3 is 0 Å². The fraction of sp³-hybridized carbons (Fsp3) is 0.222. The first-order valence-electron chi connectivity index (χ1n) is 10.8. The molecular formula is C27H26Cl2N2OS. The number of nitrogens with zero attached hydrogens (tertiary/aromatic N) is 2. The van der Waals surface area contributed by atoms with Gasteiger partial charge in [0.2, 0.25) is 0 Å². The van der Waals surface area contributed by atoms with E-state index in [0.29, 0.717) is 16.6 Å². The van der Waals surface area contributed by atoms with Crippen molar-refractivity contribution in [3.63, 3.8) is 0 Å².